The molecule has 1 aliphatic carbocycles. The number of nitrogens with two attached hydrogens (primary N) is 1. The lowest BCUT2D eigenvalue weighted by molar-refractivity contribution is 0.0553. The fourth-order valence-corrected chi connectivity index (χ4v) is 3.25. The van der Waals surface area contributed by atoms with Crippen LogP contribution in [0.25, 0.3) is 0 Å². The van der Waals surface area contributed by atoms with Gasteiger partial charge in [-0.1, -0.05) is 18.9 Å². The molecule has 0 saturated heterocycles. The molecule has 0 spiro atoms. The molecule has 1 aromatic heterocycles. The number of aromatic nitrogens is 1. The highest BCUT2D eigenvalue weighted by Gasteiger charge is 2.32. The summed E-state index contributed by atoms with van der Waals surface area (Å²) in [7, 11) is 0. The lowest BCUT2D eigenvalue weighted by atomic mass is 9.83. The highest BCUT2D eigenvalue weighted by atomic mass is 16.2. The van der Waals surface area contributed by atoms with E-state index in [4.69, 9.17) is 5.73 Å². The quantitative estimate of drug-likeness (QED) is 0.917. The van der Waals surface area contributed by atoms with Gasteiger partial charge in [-0.2, -0.15) is 0 Å². The van der Waals surface area contributed by atoms with Gasteiger partial charge in [0.15, 0.2) is 0 Å². The van der Waals surface area contributed by atoms with E-state index in [0.29, 0.717) is 18.2 Å². The van der Waals surface area contributed by atoms with Gasteiger partial charge < -0.3 is 10.6 Å². The lowest BCUT2D eigenvalue weighted by Gasteiger charge is -2.39. The highest BCUT2D eigenvalue weighted by Crippen LogP contribution is 2.28. The molecule has 110 valence electrons. The number of nitrogens with zero attached hydrogens (tertiary/aromatic N) is 2. The average Bonchev–Trinajstić information content (AvgIpc) is 2.49. The average molecular weight is 275 g/mol. The second-order valence-electron chi connectivity index (χ2n) is 5.61. The maximum absolute atomic E-state index is 12.8. The van der Waals surface area contributed by atoms with Crippen LogP contribution in [0, 0.1) is 12.8 Å². The van der Waals surface area contributed by atoms with Crippen LogP contribution in [-0.4, -0.2) is 34.9 Å². The molecule has 1 heterocycles. The van der Waals surface area contributed by atoms with E-state index in [-0.39, 0.29) is 11.9 Å². The maximum atomic E-state index is 12.8. The summed E-state index contributed by atoms with van der Waals surface area (Å²) in [5, 5.41) is 0. The Labute approximate surface area is 121 Å². The van der Waals surface area contributed by atoms with Crippen LogP contribution in [0.2, 0.25) is 0 Å². The minimum atomic E-state index is 0.0518. The number of pyridine rings is 1. The fraction of sp³-hybridized carbons (Fsp3) is 0.625. The van der Waals surface area contributed by atoms with Crippen molar-refractivity contribution in [3.63, 3.8) is 0 Å². The first-order chi connectivity index (χ1) is 9.69. The molecule has 1 saturated carbocycles. The third kappa shape index (κ3) is 3.01. The normalized spacial score (nSPS) is 22.6. The number of hydrogen-bond acceptors (Lipinski definition) is 3. The SMILES string of the molecule is CCN(C(=O)c1ncccc1C)C1CCCCC1CN. The Morgan fingerprint density at radius 1 is 1.45 bits per heavy atom. The third-order valence-corrected chi connectivity index (χ3v) is 4.39. The Hall–Kier alpha value is -1.42. The second-order valence-corrected chi connectivity index (χ2v) is 5.61. The van der Waals surface area contributed by atoms with E-state index < -0.39 is 0 Å². The van der Waals surface area contributed by atoms with Gasteiger partial charge in [0.1, 0.15) is 5.69 Å². The van der Waals surface area contributed by atoms with Crippen molar-refractivity contribution in [2.75, 3.05) is 13.1 Å². The zero-order chi connectivity index (χ0) is 14.5. The number of aryl methyl sites for hydroxylation is 1. The van der Waals surface area contributed by atoms with Gasteiger partial charge in [0.25, 0.3) is 5.91 Å². The van der Waals surface area contributed by atoms with Crippen LogP contribution >= 0.6 is 0 Å². The van der Waals surface area contributed by atoms with Gasteiger partial charge in [-0.25, -0.2) is 0 Å². The van der Waals surface area contributed by atoms with Crippen molar-refractivity contribution in [1.82, 2.24) is 9.88 Å². The number of carbonyl (C=O) groups is 1. The predicted octanol–water partition coefficient (Wildman–Crippen LogP) is 2.37. The summed E-state index contributed by atoms with van der Waals surface area (Å²) in [6, 6.07) is 4.08. The Morgan fingerprint density at radius 2 is 2.20 bits per heavy atom. The van der Waals surface area contributed by atoms with E-state index in [0.717, 1.165) is 24.9 Å². The molecule has 0 radical (unpaired) electrons. The van der Waals surface area contributed by atoms with Crippen molar-refractivity contribution in [2.24, 2.45) is 11.7 Å². The first kappa shape index (κ1) is 15.0. The first-order valence-corrected chi connectivity index (χ1v) is 7.61. The zero-order valence-electron chi connectivity index (χ0n) is 12.5. The predicted molar refractivity (Wildman–Crippen MR) is 80.5 cm³/mol. The van der Waals surface area contributed by atoms with Crippen LogP contribution < -0.4 is 5.73 Å². The Bertz CT molecular complexity index is 461. The molecular formula is C16H25N3O. The molecule has 1 aliphatic rings. The van der Waals surface area contributed by atoms with Crippen LogP contribution in [-0.2, 0) is 0 Å². The molecule has 2 atom stereocenters. The van der Waals surface area contributed by atoms with Crippen molar-refractivity contribution >= 4 is 5.91 Å². The molecule has 0 aromatic carbocycles. The standard InChI is InChI=1S/C16H25N3O/c1-3-19(14-9-5-4-8-13(14)11-17)16(20)15-12(2)7-6-10-18-15/h6-7,10,13-14H,3-5,8-9,11,17H2,1-2H3. The third-order valence-electron chi connectivity index (χ3n) is 4.39. The van der Waals surface area contributed by atoms with Crippen molar-refractivity contribution in [2.45, 2.75) is 45.6 Å². The van der Waals surface area contributed by atoms with Gasteiger partial charge in [-0.15, -0.1) is 0 Å². The molecular weight excluding hydrogens is 250 g/mol. The Morgan fingerprint density at radius 3 is 2.85 bits per heavy atom. The van der Waals surface area contributed by atoms with E-state index in [9.17, 15) is 4.79 Å². The number of amides is 1. The molecule has 1 fully saturated rings. The Kier molecular flexibility index (Phi) is 5.12. The minimum absolute atomic E-state index is 0.0518. The van der Waals surface area contributed by atoms with E-state index in [1.165, 1.54) is 12.8 Å². The van der Waals surface area contributed by atoms with Crippen molar-refractivity contribution in [3.8, 4) is 0 Å². The summed E-state index contributed by atoms with van der Waals surface area (Å²) >= 11 is 0. The monoisotopic (exact) mass is 275 g/mol. The second kappa shape index (κ2) is 6.84. The summed E-state index contributed by atoms with van der Waals surface area (Å²) in [4.78, 5) is 19.0. The minimum Gasteiger partial charge on any atom is -0.334 e. The Balaban J connectivity index is 2.23. The smallest absolute Gasteiger partial charge is 0.272 e. The van der Waals surface area contributed by atoms with E-state index in [2.05, 4.69) is 4.98 Å². The van der Waals surface area contributed by atoms with Gasteiger partial charge in [-0.3, -0.25) is 9.78 Å². The number of carbonyl (C=O) groups excluding carboxylic acids is 1. The van der Waals surface area contributed by atoms with Gasteiger partial charge in [-0.05, 0) is 50.8 Å². The van der Waals surface area contributed by atoms with Crippen molar-refractivity contribution in [3.05, 3.63) is 29.6 Å². The van der Waals surface area contributed by atoms with Crippen LogP contribution in [0.15, 0.2) is 18.3 Å². The molecule has 1 aromatic rings. The molecule has 2 N–H and O–H groups in total. The summed E-state index contributed by atoms with van der Waals surface area (Å²) in [5.74, 6) is 0.479. The molecule has 4 heteroatoms. The number of rotatable bonds is 4. The molecule has 2 rings (SSSR count). The van der Waals surface area contributed by atoms with Crippen LogP contribution in [0.4, 0.5) is 0 Å². The van der Waals surface area contributed by atoms with Gasteiger partial charge >= 0.3 is 0 Å². The van der Waals surface area contributed by atoms with Crippen molar-refractivity contribution in [1.29, 1.82) is 0 Å². The molecule has 2 unspecified atom stereocenters. The van der Waals surface area contributed by atoms with Gasteiger partial charge in [0.2, 0.25) is 0 Å². The van der Waals surface area contributed by atoms with Crippen molar-refractivity contribution < 1.29 is 4.79 Å². The summed E-state index contributed by atoms with van der Waals surface area (Å²) in [6.45, 7) is 5.36. The lowest BCUT2D eigenvalue weighted by Crippen LogP contribution is -2.48. The summed E-state index contributed by atoms with van der Waals surface area (Å²) < 4.78 is 0. The fourth-order valence-electron chi connectivity index (χ4n) is 3.25. The first-order valence-electron chi connectivity index (χ1n) is 7.61. The molecule has 20 heavy (non-hydrogen) atoms. The summed E-state index contributed by atoms with van der Waals surface area (Å²) in [6.07, 6.45) is 6.30. The van der Waals surface area contributed by atoms with Gasteiger partial charge in [0.05, 0.1) is 0 Å². The van der Waals surface area contributed by atoms with Crippen LogP contribution in [0.1, 0.15) is 48.7 Å². The van der Waals surface area contributed by atoms with E-state index >= 15 is 0 Å². The highest BCUT2D eigenvalue weighted by molar-refractivity contribution is 5.93. The van der Waals surface area contributed by atoms with Crippen LogP contribution in [0.5, 0.6) is 0 Å². The number of hydrogen-bond donors (Lipinski definition) is 1. The molecule has 0 aliphatic heterocycles. The molecule has 0 bridgehead atoms. The molecule has 1 amide bonds. The molecule has 4 nitrogen and oxygen atoms in total. The van der Waals surface area contributed by atoms with E-state index in [1.807, 2.05) is 30.9 Å². The van der Waals surface area contributed by atoms with Gasteiger partial charge in [0, 0.05) is 18.8 Å². The summed E-state index contributed by atoms with van der Waals surface area (Å²) in [5.41, 5.74) is 7.42. The zero-order valence-corrected chi connectivity index (χ0v) is 12.5. The van der Waals surface area contributed by atoms with Crippen LogP contribution in [0.3, 0.4) is 0 Å². The largest absolute Gasteiger partial charge is 0.334 e. The maximum Gasteiger partial charge on any atom is 0.272 e. The van der Waals surface area contributed by atoms with E-state index in [1.54, 1.807) is 6.20 Å². The topological polar surface area (TPSA) is 59.2 Å².